The van der Waals surface area contributed by atoms with Crippen LogP contribution in [-0.4, -0.2) is 29.4 Å². The molecule has 0 bridgehead atoms. The predicted molar refractivity (Wildman–Crippen MR) is 47.0 cm³/mol. The fourth-order valence-corrected chi connectivity index (χ4v) is 1.82. The molecule has 0 aliphatic rings. The van der Waals surface area contributed by atoms with E-state index >= 15 is 0 Å². The third-order valence-electron chi connectivity index (χ3n) is 1.92. The van der Waals surface area contributed by atoms with Gasteiger partial charge in [-0.1, -0.05) is 0 Å². The van der Waals surface area contributed by atoms with Crippen LogP contribution >= 0.6 is 0 Å². The Balaban J connectivity index is 3.51. The van der Waals surface area contributed by atoms with Gasteiger partial charge in [0.05, 0.1) is 0 Å². The molecule has 0 aliphatic carbocycles. The average molecular weight is 294 g/mol. The van der Waals surface area contributed by atoms with Gasteiger partial charge in [-0.25, -0.2) is 13.6 Å². The van der Waals surface area contributed by atoms with Crippen molar-refractivity contribution in [3.05, 3.63) is 5.82 Å². The van der Waals surface area contributed by atoms with Gasteiger partial charge in [0.2, 0.25) is 5.82 Å². The molecule has 104 valence electrons. The zero-order valence-corrected chi connectivity index (χ0v) is 9.56. The molecule has 0 atom stereocenters. The first kappa shape index (κ1) is 14.8. The molecular weight excluding hydrogens is 287 g/mol. The molecule has 0 aliphatic heterocycles. The van der Waals surface area contributed by atoms with Gasteiger partial charge in [0.25, 0.3) is 15.2 Å². The van der Waals surface area contributed by atoms with Crippen molar-refractivity contribution in [3.8, 4) is 0 Å². The summed E-state index contributed by atoms with van der Waals surface area (Å²) >= 11 is 0. The highest BCUT2D eigenvalue weighted by atomic mass is 32.2. The highest BCUT2D eigenvalue weighted by Crippen LogP contribution is 2.43. The third kappa shape index (κ3) is 2.29. The van der Waals surface area contributed by atoms with E-state index in [1.807, 2.05) is 0 Å². The van der Waals surface area contributed by atoms with E-state index in [1.165, 1.54) is 0 Å². The van der Waals surface area contributed by atoms with Gasteiger partial charge in [-0.15, -0.1) is 10.2 Å². The summed E-state index contributed by atoms with van der Waals surface area (Å²) in [6.07, 6.45) is -5.91. The lowest BCUT2D eigenvalue weighted by Crippen LogP contribution is -2.37. The summed E-state index contributed by atoms with van der Waals surface area (Å²) < 4.78 is 84.4. The van der Waals surface area contributed by atoms with Crippen LogP contribution in [0, 0.1) is 0 Å². The van der Waals surface area contributed by atoms with Crippen LogP contribution in [0.5, 0.6) is 0 Å². The highest BCUT2D eigenvalue weighted by molar-refractivity contribution is 7.89. The van der Waals surface area contributed by atoms with Gasteiger partial charge in [0, 0.05) is 6.54 Å². The Hall–Kier alpha value is -1.30. The largest absolute Gasteiger partial charge is 0.461 e. The zero-order chi connectivity index (χ0) is 14.4. The van der Waals surface area contributed by atoms with E-state index in [9.17, 15) is 30.4 Å². The van der Waals surface area contributed by atoms with Gasteiger partial charge in [-0.05, 0) is 6.92 Å². The molecule has 0 amide bonds. The van der Waals surface area contributed by atoms with E-state index in [2.05, 4.69) is 15.3 Å². The first-order valence-electron chi connectivity index (χ1n) is 4.34. The molecule has 0 saturated carbocycles. The Labute approximate surface area is 97.6 Å². The van der Waals surface area contributed by atoms with Crippen LogP contribution < -0.4 is 5.14 Å². The molecule has 0 spiro atoms. The molecular formula is C6H7F5N4O2S. The standard InChI is InChI=1S/C6H7F5N4O2S/c1-2-15-3(5(7,8)6(9,10)11)13-14-4(15)18(12,16)17/h2H2,1H3,(H2,12,16,17). The number of halogens is 5. The lowest BCUT2D eigenvalue weighted by molar-refractivity contribution is -0.293. The first-order chi connectivity index (χ1) is 7.93. The maximum absolute atomic E-state index is 13.0. The normalized spacial score (nSPS) is 13.9. The minimum atomic E-state index is -5.91. The van der Waals surface area contributed by atoms with Gasteiger partial charge in [0.1, 0.15) is 0 Å². The number of aromatic nitrogens is 3. The molecule has 18 heavy (non-hydrogen) atoms. The molecule has 12 heteroatoms. The number of alkyl halides is 5. The maximum Gasteiger partial charge on any atom is 0.461 e. The Morgan fingerprint density at radius 2 is 1.72 bits per heavy atom. The number of primary sulfonamides is 1. The van der Waals surface area contributed by atoms with Gasteiger partial charge in [-0.3, -0.25) is 4.57 Å². The molecule has 1 heterocycles. The summed E-state index contributed by atoms with van der Waals surface area (Å²) in [6, 6.07) is 0. The number of hydrogen-bond acceptors (Lipinski definition) is 4. The number of nitrogens with zero attached hydrogens (tertiary/aromatic N) is 3. The van der Waals surface area contributed by atoms with Crippen LogP contribution in [0.2, 0.25) is 0 Å². The highest BCUT2D eigenvalue weighted by Gasteiger charge is 2.62. The molecule has 2 N–H and O–H groups in total. The van der Waals surface area contributed by atoms with Crippen LogP contribution in [-0.2, 0) is 22.5 Å². The molecule has 1 rings (SSSR count). The second-order valence-electron chi connectivity index (χ2n) is 3.17. The van der Waals surface area contributed by atoms with Crippen LogP contribution in [0.1, 0.15) is 12.7 Å². The second-order valence-corrected chi connectivity index (χ2v) is 4.62. The molecule has 0 aromatic carbocycles. The minimum Gasteiger partial charge on any atom is -0.296 e. The van der Waals surface area contributed by atoms with Crippen LogP contribution in [0.4, 0.5) is 22.0 Å². The average Bonchev–Trinajstić information content (AvgIpc) is 2.58. The molecule has 0 fully saturated rings. The van der Waals surface area contributed by atoms with Crippen molar-refractivity contribution in [2.75, 3.05) is 0 Å². The quantitative estimate of drug-likeness (QED) is 0.826. The molecule has 0 unspecified atom stereocenters. The zero-order valence-electron chi connectivity index (χ0n) is 8.74. The summed E-state index contributed by atoms with van der Waals surface area (Å²) in [5.74, 6) is -7.14. The van der Waals surface area contributed by atoms with Crippen LogP contribution in [0.15, 0.2) is 5.16 Å². The lowest BCUT2D eigenvalue weighted by Gasteiger charge is -2.19. The maximum atomic E-state index is 13.0. The molecule has 0 saturated heterocycles. The van der Waals surface area contributed by atoms with E-state index < -0.39 is 39.6 Å². The Morgan fingerprint density at radius 1 is 1.22 bits per heavy atom. The van der Waals surface area contributed by atoms with Crippen LogP contribution in [0.25, 0.3) is 0 Å². The van der Waals surface area contributed by atoms with Crippen molar-refractivity contribution in [1.29, 1.82) is 0 Å². The number of hydrogen-bond donors (Lipinski definition) is 1. The van der Waals surface area contributed by atoms with Crippen molar-refractivity contribution >= 4 is 10.0 Å². The number of sulfonamides is 1. The molecule has 6 nitrogen and oxygen atoms in total. The van der Waals surface area contributed by atoms with Crippen molar-refractivity contribution in [1.82, 2.24) is 14.8 Å². The molecule has 0 radical (unpaired) electrons. The summed E-state index contributed by atoms with van der Waals surface area (Å²) in [7, 11) is -4.54. The summed E-state index contributed by atoms with van der Waals surface area (Å²) in [5, 5.41) is 8.81. The molecule has 1 aromatic heterocycles. The number of nitrogens with two attached hydrogens (primary N) is 1. The van der Waals surface area contributed by atoms with Crippen molar-refractivity contribution < 1.29 is 30.4 Å². The van der Waals surface area contributed by atoms with Gasteiger partial charge in [-0.2, -0.15) is 22.0 Å². The predicted octanol–water partition coefficient (Wildman–Crippen LogP) is 0.600. The fourth-order valence-electron chi connectivity index (χ4n) is 1.14. The van der Waals surface area contributed by atoms with E-state index in [0.29, 0.717) is 0 Å². The Morgan fingerprint density at radius 3 is 2.06 bits per heavy atom. The number of rotatable bonds is 3. The molecule has 1 aromatic rings. The van der Waals surface area contributed by atoms with Crippen LogP contribution in [0.3, 0.4) is 0 Å². The van der Waals surface area contributed by atoms with E-state index in [-0.39, 0.29) is 4.57 Å². The monoisotopic (exact) mass is 294 g/mol. The van der Waals surface area contributed by atoms with E-state index in [0.717, 1.165) is 6.92 Å². The van der Waals surface area contributed by atoms with Crippen molar-refractivity contribution in [2.24, 2.45) is 5.14 Å². The van der Waals surface area contributed by atoms with Crippen molar-refractivity contribution in [2.45, 2.75) is 30.7 Å². The topological polar surface area (TPSA) is 90.9 Å². The SMILES string of the molecule is CCn1c(C(F)(F)C(F)(F)F)nnc1S(N)(=O)=O. The summed E-state index contributed by atoms with van der Waals surface area (Å²) in [6.45, 7) is 0.633. The Kier molecular flexibility index (Phi) is 3.38. The second kappa shape index (κ2) is 4.12. The van der Waals surface area contributed by atoms with Gasteiger partial charge in [0.15, 0.2) is 0 Å². The lowest BCUT2D eigenvalue weighted by atomic mass is 10.3. The van der Waals surface area contributed by atoms with Gasteiger partial charge < -0.3 is 0 Å². The van der Waals surface area contributed by atoms with E-state index in [4.69, 9.17) is 0 Å². The fraction of sp³-hybridized carbons (Fsp3) is 0.667. The van der Waals surface area contributed by atoms with Crippen molar-refractivity contribution in [3.63, 3.8) is 0 Å². The van der Waals surface area contributed by atoms with E-state index in [1.54, 1.807) is 0 Å². The third-order valence-corrected chi connectivity index (χ3v) is 2.74. The Bertz CT molecular complexity index is 549. The smallest absolute Gasteiger partial charge is 0.296 e. The minimum absolute atomic E-state index is 0.100. The first-order valence-corrected chi connectivity index (χ1v) is 5.88. The summed E-state index contributed by atoms with van der Waals surface area (Å²) in [4.78, 5) is 0. The summed E-state index contributed by atoms with van der Waals surface area (Å²) in [5.41, 5.74) is 0. The van der Waals surface area contributed by atoms with Gasteiger partial charge >= 0.3 is 12.1 Å².